The summed E-state index contributed by atoms with van der Waals surface area (Å²) in [6, 6.07) is 0.112. The Morgan fingerprint density at radius 3 is 2.60 bits per heavy atom. The molecular weight excluding hydrogens is 242 g/mol. The highest BCUT2D eigenvalue weighted by atomic mass is 35.5. The van der Waals surface area contributed by atoms with Crippen LogP contribution in [0.15, 0.2) is 0 Å². The maximum atomic E-state index is 10.7. The van der Waals surface area contributed by atoms with Crippen molar-refractivity contribution in [3.05, 3.63) is 0 Å². The van der Waals surface area contributed by atoms with E-state index in [1.165, 1.54) is 0 Å². The third kappa shape index (κ3) is 7.08. The minimum Gasteiger partial charge on any atom is -0.374 e. The first-order valence-corrected chi connectivity index (χ1v) is 6.66. The van der Waals surface area contributed by atoms with Crippen molar-refractivity contribution in [3.63, 3.8) is 0 Å². The van der Waals surface area contributed by atoms with E-state index in [0.717, 1.165) is 19.1 Å². The number of hydrogen-bond donors (Lipinski definition) is 1. The molecule has 0 spiro atoms. The molecule has 0 aromatic heterocycles. The van der Waals surface area contributed by atoms with Crippen molar-refractivity contribution in [2.45, 2.75) is 25.0 Å². The summed E-state index contributed by atoms with van der Waals surface area (Å²) in [6.45, 7) is 0.868. The minimum atomic E-state index is -3.04. The van der Waals surface area contributed by atoms with Gasteiger partial charge in [0.25, 0.3) is 0 Å². The third-order valence-electron chi connectivity index (χ3n) is 2.01. The van der Waals surface area contributed by atoms with Crippen molar-refractivity contribution < 1.29 is 17.9 Å². The lowest BCUT2D eigenvalue weighted by Gasteiger charge is -2.26. The summed E-state index contributed by atoms with van der Waals surface area (Å²) in [5.74, 6) is -0.237. The van der Waals surface area contributed by atoms with Crippen LogP contribution in [-0.2, 0) is 19.3 Å². The Labute approximate surface area is 96.6 Å². The van der Waals surface area contributed by atoms with Crippen molar-refractivity contribution in [2.75, 3.05) is 25.4 Å². The second-order valence-corrected chi connectivity index (χ2v) is 5.79. The molecule has 0 amide bonds. The molecule has 1 aliphatic heterocycles. The van der Waals surface area contributed by atoms with E-state index >= 15 is 0 Å². The van der Waals surface area contributed by atoms with E-state index in [0.29, 0.717) is 13.2 Å². The Bertz CT molecular complexity index is 262. The molecule has 5 nitrogen and oxygen atoms in total. The summed E-state index contributed by atoms with van der Waals surface area (Å²) >= 11 is 0. The monoisotopic (exact) mass is 259 g/mol. The Morgan fingerprint density at radius 2 is 2.13 bits per heavy atom. The van der Waals surface area contributed by atoms with Crippen LogP contribution in [0.2, 0.25) is 0 Å². The molecule has 2 atom stereocenters. The fraction of sp³-hybridized carbons (Fsp3) is 1.00. The summed E-state index contributed by atoms with van der Waals surface area (Å²) in [5, 5.41) is 0. The summed E-state index contributed by atoms with van der Waals surface area (Å²) in [4.78, 5) is 0. The van der Waals surface area contributed by atoms with Gasteiger partial charge in [-0.05, 0) is 12.8 Å². The normalized spacial score (nSPS) is 27.1. The fourth-order valence-electron chi connectivity index (χ4n) is 1.29. The maximum absolute atomic E-state index is 10.7. The average Bonchev–Trinajstić information content (AvgIpc) is 2.06. The zero-order valence-electron chi connectivity index (χ0n) is 8.72. The summed E-state index contributed by atoms with van der Waals surface area (Å²) in [6.07, 6.45) is 2.89. The standard InChI is InChI=1S/C8H17NO4S.ClH/c1-14(10,11)6-12-5-8-3-2-7(9)4-13-8;/h7-8H,2-6,9H2,1H3;1H. The van der Waals surface area contributed by atoms with Crippen LogP contribution < -0.4 is 5.73 Å². The zero-order chi connectivity index (χ0) is 10.6. The van der Waals surface area contributed by atoms with Crippen LogP contribution in [-0.4, -0.2) is 46.0 Å². The lowest BCUT2D eigenvalue weighted by atomic mass is 10.1. The van der Waals surface area contributed by atoms with Crippen LogP contribution >= 0.6 is 12.4 Å². The Kier molecular flexibility index (Phi) is 6.70. The predicted molar refractivity (Wildman–Crippen MR) is 59.9 cm³/mol. The van der Waals surface area contributed by atoms with E-state index in [2.05, 4.69) is 0 Å². The molecule has 92 valence electrons. The summed E-state index contributed by atoms with van der Waals surface area (Å²) < 4.78 is 31.9. The molecule has 1 aliphatic rings. The molecule has 1 heterocycles. The second kappa shape index (κ2) is 6.65. The molecule has 2 unspecified atom stereocenters. The SMILES string of the molecule is CS(=O)(=O)COCC1CCC(N)CO1.Cl. The molecule has 0 aliphatic carbocycles. The van der Waals surface area contributed by atoms with Crippen LogP contribution in [0.3, 0.4) is 0 Å². The summed E-state index contributed by atoms with van der Waals surface area (Å²) in [7, 11) is -3.04. The Morgan fingerprint density at radius 1 is 1.47 bits per heavy atom. The molecule has 0 saturated carbocycles. The Balaban J connectivity index is 0.00000196. The highest BCUT2D eigenvalue weighted by molar-refractivity contribution is 7.90. The lowest BCUT2D eigenvalue weighted by molar-refractivity contribution is -0.0394. The van der Waals surface area contributed by atoms with E-state index < -0.39 is 9.84 Å². The number of rotatable bonds is 4. The largest absolute Gasteiger partial charge is 0.374 e. The lowest BCUT2D eigenvalue weighted by Crippen LogP contribution is -2.37. The third-order valence-corrected chi connectivity index (χ3v) is 2.60. The highest BCUT2D eigenvalue weighted by Crippen LogP contribution is 2.12. The van der Waals surface area contributed by atoms with Crippen molar-refractivity contribution in [3.8, 4) is 0 Å². The molecule has 7 heteroatoms. The number of sulfone groups is 1. The quantitative estimate of drug-likeness (QED) is 0.765. The zero-order valence-corrected chi connectivity index (χ0v) is 10.4. The van der Waals surface area contributed by atoms with Crippen LogP contribution in [0.25, 0.3) is 0 Å². The molecule has 0 aromatic carbocycles. The first-order chi connectivity index (χ1) is 6.47. The van der Waals surface area contributed by atoms with Gasteiger partial charge in [-0.15, -0.1) is 12.4 Å². The average molecular weight is 260 g/mol. The van der Waals surface area contributed by atoms with E-state index in [1.54, 1.807) is 0 Å². The van der Waals surface area contributed by atoms with Gasteiger partial charge in [-0.2, -0.15) is 0 Å². The number of hydrogen-bond acceptors (Lipinski definition) is 5. The molecule has 0 radical (unpaired) electrons. The molecular formula is C8H18ClNO4S. The molecule has 0 aromatic rings. The molecule has 0 bridgehead atoms. The number of nitrogens with two attached hydrogens (primary N) is 1. The van der Waals surface area contributed by atoms with Crippen LogP contribution in [0.1, 0.15) is 12.8 Å². The van der Waals surface area contributed by atoms with Crippen LogP contribution in [0.4, 0.5) is 0 Å². The van der Waals surface area contributed by atoms with Crippen LogP contribution in [0, 0.1) is 0 Å². The summed E-state index contributed by atoms with van der Waals surface area (Å²) in [5.41, 5.74) is 5.63. The smallest absolute Gasteiger partial charge is 0.171 e. The van der Waals surface area contributed by atoms with Gasteiger partial charge < -0.3 is 15.2 Å². The number of ether oxygens (including phenoxy) is 2. The van der Waals surface area contributed by atoms with Gasteiger partial charge in [0, 0.05) is 12.3 Å². The molecule has 1 fully saturated rings. The van der Waals surface area contributed by atoms with Gasteiger partial charge in [-0.1, -0.05) is 0 Å². The molecule has 1 rings (SSSR count). The second-order valence-electron chi connectivity index (χ2n) is 3.71. The molecule has 1 saturated heterocycles. The first kappa shape index (κ1) is 15.1. The predicted octanol–water partition coefficient (Wildman–Crippen LogP) is -0.0668. The van der Waals surface area contributed by atoms with Gasteiger partial charge in [-0.25, -0.2) is 8.42 Å². The van der Waals surface area contributed by atoms with Crippen molar-refractivity contribution in [1.82, 2.24) is 0 Å². The van der Waals surface area contributed by atoms with Crippen molar-refractivity contribution in [2.24, 2.45) is 5.73 Å². The van der Waals surface area contributed by atoms with E-state index in [9.17, 15) is 8.42 Å². The molecule has 15 heavy (non-hydrogen) atoms. The molecule has 2 N–H and O–H groups in total. The van der Waals surface area contributed by atoms with Crippen LogP contribution in [0.5, 0.6) is 0 Å². The Hall–Kier alpha value is 0.120. The van der Waals surface area contributed by atoms with E-state index in [-0.39, 0.29) is 30.5 Å². The highest BCUT2D eigenvalue weighted by Gasteiger charge is 2.19. The van der Waals surface area contributed by atoms with Gasteiger partial charge in [0.15, 0.2) is 9.84 Å². The van der Waals surface area contributed by atoms with E-state index in [1.807, 2.05) is 0 Å². The van der Waals surface area contributed by atoms with Crippen molar-refractivity contribution in [1.29, 1.82) is 0 Å². The van der Waals surface area contributed by atoms with Gasteiger partial charge in [0.1, 0.15) is 5.94 Å². The fourth-order valence-corrected chi connectivity index (χ4v) is 1.69. The maximum Gasteiger partial charge on any atom is 0.171 e. The minimum absolute atomic E-state index is 0. The number of halogens is 1. The van der Waals surface area contributed by atoms with Gasteiger partial charge in [0.2, 0.25) is 0 Å². The van der Waals surface area contributed by atoms with Gasteiger partial charge in [0.05, 0.1) is 19.3 Å². The topological polar surface area (TPSA) is 78.6 Å². The van der Waals surface area contributed by atoms with Gasteiger partial charge >= 0.3 is 0 Å². The van der Waals surface area contributed by atoms with E-state index in [4.69, 9.17) is 15.2 Å². The first-order valence-electron chi connectivity index (χ1n) is 4.60. The van der Waals surface area contributed by atoms with Crippen molar-refractivity contribution >= 4 is 22.2 Å². The van der Waals surface area contributed by atoms with Gasteiger partial charge in [-0.3, -0.25) is 0 Å².